The second kappa shape index (κ2) is 5.70. The average molecular weight is 281 g/mol. The zero-order valence-corrected chi connectivity index (χ0v) is 11.9. The first-order chi connectivity index (χ1) is 9.24. The van der Waals surface area contributed by atoms with Gasteiger partial charge in [-0.25, -0.2) is 0 Å². The van der Waals surface area contributed by atoms with Gasteiger partial charge in [-0.05, 0) is 37.8 Å². The highest BCUT2D eigenvalue weighted by atomic mass is 35.5. The summed E-state index contributed by atoms with van der Waals surface area (Å²) >= 11 is 6.08. The van der Waals surface area contributed by atoms with Crippen LogP contribution < -0.4 is 10.5 Å². The molecule has 2 bridgehead atoms. The quantitative estimate of drug-likeness (QED) is 0.922. The van der Waals surface area contributed by atoms with Gasteiger partial charge in [0.2, 0.25) is 0 Å². The predicted octanol–water partition coefficient (Wildman–Crippen LogP) is 2.67. The van der Waals surface area contributed by atoms with Crippen LogP contribution in [0.15, 0.2) is 24.3 Å². The van der Waals surface area contributed by atoms with Gasteiger partial charge in [-0.15, -0.1) is 0 Å². The van der Waals surface area contributed by atoms with Gasteiger partial charge in [0.05, 0.1) is 5.02 Å². The SMILES string of the molecule is NC1CC2CCC(C1)N2CCOc1ccccc1Cl. The van der Waals surface area contributed by atoms with E-state index < -0.39 is 0 Å². The zero-order valence-electron chi connectivity index (χ0n) is 11.1. The minimum absolute atomic E-state index is 0.401. The van der Waals surface area contributed by atoms with Crippen LogP contribution >= 0.6 is 11.6 Å². The monoisotopic (exact) mass is 280 g/mol. The van der Waals surface area contributed by atoms with Crippen molar-refractivity contribution in [1.82, 2.24) is 4.90 Å². The molecule has 0 aromatic heterocycles. The van der Waals surface area contributed by atoms with Crippen LogP contribution in [0, 0.1) is 0 Å². The average Bonchev–Trinajstić information content (AvgIpc) is 2.64. The highest BCUT2D eigenvalue weighted by molar-refractivity contribution is 6.32. The van der Waals surface area contributed by atoms with Crippen LogP contribution in [0.4, 0.5) is 0 Å². The molecule has 2 aliphatic heterocycles. The number of hydrogen-bond acceptors (Lipinski definition) is 3. The summed E-state index contributed by atoms with van der Waals surface area (Å²) in [4.78, 5) is 2.58. The molecule has 2 saturated heterocycles. The molecule has 2 fully saturated rings. The molecule has 0 spiro atoms. The predicted molar refractivity (Wildman–Crippen MR) is 77.7 cm³/mol. The van der Waals surface area contributed by atoms with E-state index in [0.717, 1.165) is 25.1 Å². The molecule has 19 heavy (non-hydrogen) atoms. The number of halogens is 1. The van der Waals surface area contributed by atoms with Gasteiger partial charge in [0.1, 0.15) is 12.4 Å². The van der Waals surface area contributed by atoms with Gasteiger partial charge in [-0.1, -0.05) is 23.7 Å². The smallest absolute Gasteiger partial charge is 0.137 e. The van der Waals surface area contributed by atoms with E-state index in [1.54, 1.807) is 0 Å². The molecule has 0 radical (unpaired) electrons. The Morgan fingerprint density at radius 3 is 2.58 bits per heavy atom. The molecule has 1 aromatic rings. The Labute approximate surface area is 119 Å². The fraction of sp³-hybridized carbons (Fsp3) is 0.600. The van der Waals surface area contributed by atoms with Crippen LogP contribution in [0.2, 0.25) is 5.02 Å². The summed E-state index contributed by atoms with van der Waals surface area (Å²) in [6.45, 7) is 1.68. The van der Waals surface area contributed by atoms with E-state index in [1.165, 1.54) is 12.8 Å². The van der Waals surface area contributed by atoms with Crippen molar-refractivity contribution >= 4 is 11.6 Å². The maximum absolute atomic E-state index is 6.08. The molecule has 2 unspecified atom stereocenters. The Morgan fingerprint density at radius 1 is 1.21 bits per heavy atom. The van der Waals surface area contributed by atoms with Crippen molar-refractivity contribution in [1.29, 1.82) is 0 Å². The number of hydrogen-bond donors (Lipinski definition) is 1. The normalized spacial score (nSPS) is 30.5. The summed E-state index contributed by atoms with van der Waals surface area (Å²) in [5.41, 5.74) is 6.08. The number of nitrogens with zero attached hydrogens (tertiary/aromatic N) is 1. The first kappa shape index (κ1) is 13.2. The highest BCUT2D eigenvalue weighted by Gasteiger charge is 2.39. The summed E-state index contributed by atoms with van der Waals surface area (Å²) < 4.78 is 5.79. The lowest BCUT2D eigenvalue weighted by Crippen LogP contribution is -2.48. The van der Waals surface area contributed by atoms with Crippen molar-refractivity contribution in [3.63, 3.8) is 0 Å². The summed E-state index contributed by atoms with van der Waals surface area (Å²) in [7, 11) is 0. The summed E-state index contributed by atoms with van der Waals surface area (Å²) in [5.74, 6) is 0.783. The van der Waals surface area contributed by atoms with Crippen molar-refractivity contribution in [2.75, 3.05) is 13.2 Å². The van der Waals surface area contributed by atoms with Gasteiger partial charge in [-0.2, -0.15) is 0 Å². The van der Waals surface area contributed by atoms with E-state index in [1.807, 2.05) is 24.3 Å². The molecule has 104 valence electrons. The molecule has 0 aliphatic carbocycles. The van der Waals surface area contributed by atoms with E-state index >= 15 is 0 Å². The molecule has 3 nitrogen and oxygen atoms in total. The van der Waals surface area contributed by atoms with E-state index in [0.29, 0.717) is 29.8 Å². The molecule has 2 heterocycles. The van der Waals surface area contributed by atoms with Crippen molar-refractivity contribution in [2.45, 2.75) is 43.8 Å². The maximum atomic E-state index is 6.08. The number of benzene rings is 1. The fourth-order valence-electron chi connectivity index (χ4n) is 3.50. The van der Waals surface area contributed by atoms with Gasteiger partial charge in [0, 0.05) is 24.7 Å². The van der Waals surface area contributed by atoms with Crippen molar-refractivity contribution in [2.24, 2.45) is 5.73 Å². The largest absolute Gasteiger partial charge is 0.491 e. The number of rotatable bonds is 4. The van der Waals surface area contributed by atoms with E-state index in [9.17, 15) is 0 Å². The molecule has 4 heteroatoms. The van der Waals surface area contributed by atoms with Crippen LogP contribution in [0.5, 0.6) is 5.75 Å². The highest BCUT2D eigenvalue weighted by Crippen LogP contribution is 2.34. The van der Waals surface area contributed by atoms with Gasteiger partial charge >= 0.3 is 0 Å². The van der Waals surface area contributed by atoms with E-state index in [4.69, 9.17) is 22.1 Å². The molecular formula is C15H21ClN2O. The van der Waals surface area contributed by atoms with Gasteiger partial charge in [0.15, 0.2) is 0 Å². The molecule has 2 atom stereocenters. The number of para-hydroxylation sites is 1. The third-order valence-electron chi connectivity index (χ3n) is 4.36. The maximum Gasteiger partial charge on any atom is 0.137 e. The van der Waals surface area contributed by atoms with Crippen molar-refractivity contribution in [3.8, 4) is 5.75 Å². The van der Waals surface area contributed by atoms with Crippen LogP contribution in [-0.2, 0) is 0 Å². The van der Waals surface area contributed by atoms with Crippen LogP contribution in [0.3, 0.4) is 0 Å². The Kier molecular flexibility index (Phi) is 3.96. The minimum atomic E-state index is 0.401. The van der Waals surface area contributed by atoms with Gasteiger partial charge in [0.25, 0.3) is 0 Å². The molecule has 3 rings (SSSR count). The Morgan fingerprint density at radius 2 is 1.89 bits per heavy atom. The van der Waals surface area contributed by atoms with E-state index in [-0.39, 0.29) is 0 Å². The standard InChI is InChI=1S/C15H21ClN2O/c16-14-3-1-2-4-15(14)19-8-7-18-12-5-6-13(18)10-11(17)9-12/h1-4,11-13H,5-10,17H2. The fourth-order valence-corrected chi connectivity index (χ4v) is 3.69. The topological polar surface area (TPSA) is 38.5 Å². The van der Waals surface area contributed by atoms with Crippen LogP contribution in [0.25, 0.3) is 0 Å². The lowest BCUT2D eigenvalue weighted by molar-refractivity contribution is 0.106. The van der Waals surface area contributed by atoms with Gasteiger partial charge in [-0.3, -0.25) is 4.90 Å². The molecule has 0 saturated carbocycles. The molecule has 1 aromatic carbocycles. The Balaban J connectivity index is 1.52. The third-order valence-corrected chi connectivity index (χ3v) is 4.68. The number of piperidine rings is 1. The summed E-state index contributed by atoms with van der Waals surface area (Å²) in [5, 5.41) is 0.686. The first-order valence-corrected chi connectivity index (χ1v) is 7.50. The lowest BCUT2D eigenvalue weighted by Gasteiger charge is -2.37. The molecule has 2 N–H and O–H groups in total. The summed E-state index contributed by atoms with van der Waals surface area (Å²) in [6, 6.07) is 9.39. The third kappa shape index (κ3) is 2.88. The molecule has 2 aliphatic rings. The van der Waals surface area contributed by atoms with Crippen LogP contribution in [-0.4, -0.2) is 36.2 Å². The first-order valence-electron chi connectivity index (χ1n) is 7.12. The zero-order chi connectivity index (χ0) is 13.2. The Bertz CT molecular complexity index is 426. The molecule has 0 amide bonds. The van der Waals surface area contributed by atoms with Crippen molar-refractivity contribution < 1.29 is 4.74 Å². The van der Waals surface area contributed by atoms with Crippen molar-refractivity contribution in [3.05, 3.63) is 29.3 Å². The van der Waals surface area contributed by atoms with Gasteiger partial charge < -0.3 is 10.5 Å². The van der Waals surface area contributed by atoms with E-state index in [2.05, 4.69) is 4.90 Å². The summed E-state index contributed by atoms with van der Waals surface area (Å²) in [6.07, 6.45) is 4.88. The Hall–Kier alpha value is -0.770. The number of nitrogens with two attached hydrogens (primary N) is 1. The minimum Gasteiger partial charge on any atom is -0.491 e. The second-order valence-electron chi connectivity index (χ2n) is 5.63. The molecular weight excluding hydrogens is 260 g/mol. The number of ether oxygens (including phenoxy) is 1. The second-order valence-corrected chi connectivity index (χ2v) is 6.04. The van der Waals surface area contributed by atoms with Crippen LogP contribution in [0.1, 0.15) is 25.7 Å². The number of fused-ring (bicyclic) bond motifs is 2. The lowest BCUT2D eigenvalue weighted by atomic mass is 9.98.